The van der Waals surface area contributed by atoms with Crippen LogP contribution in [-0.4, -0.2) is 17.5 Å². The lowest BCUT2D eigenvalue weighted by Gasteiger charge is -2.06. The minimum Gasteiger partial charge on any atom is -0.494 e. The molecule has 6 heteroatoms. The minimum atomic E-state index is -0.0430. The molecule has 3 aromatic rings. The van der Waals surface area contributed by atoms with Gasteiger partial charge in [0.1, 0.15) is 5.75 Å². The number of rotatable bonds is 9. The normalized spacial score (nSPS) is 10.6. The lowest BCUT2D eigenvalue weighted by atomic mass is 10.1. The molecule has 146 valence electrons. The van der Waals surface area contributed by atoms with E-state index in [4.69, 9.17) is 4.74 Å². The zero-order valence-electron chi connectivity index (χ0n) is 15.8. The Labute approximate surface area is 178 Å². The number of carbonyl (C=O) groups excluding carboxylic acids is 1. The van der Waals surface area contributed by atoms with Crippen molar-refractivity contribution in [3.8, 4) is 17.0 Å². The molecule has 0 radical (unpaired) electrons. The molecule has 0 aliphatic carbocycles. The first-order valence-electron chi connectivity index (χ1n) is 9.37. The highest BCUT2D eigenvalue weighted by Gasteiger charge is 2.08. The van der Waals surface area contributed by atoms with E-state index in [0.717, 1.165) is 34.3 Å². The molecule has 1 heterocycles. The fourth-order valence-electron chi connectivity index (χ4n) is 2.73. The van der Waals surface area contributed by atoms with Crippen molar-refractivity contribution < 1.29 is 9.53 Å². The Hall–Kier alpha value is -2.18. The summed E-state index contributed by atoms with van der Waals surface area (Å²) in [5.41, 5.74) is 3.29. The van der Waals surface area contributed by atoms with Crippen LogP contribution in [0.3, 0.4) is 0 Å². The summed E-state index contributed by atoms with van der Waals surface area (Å²) in [6.07, 6.45) is 3.28. The molecule has 0 bridgehead atoms. The van der Waals surface area contributed by atoms with Gasteiger partial charge in [0, 0.05) is 21.8 Å². The molecule has 0 saturated carbocycles. The molecular weight excluding hydrogens is 436 g/mol. The molecule has 4 nitrogen and oxygen atoms in total. The Morgan fingerprint density at radius 1 is 1.14 bits per heavy atom. The summed E-state index contributed by atoms with van der Waals surface area (Å²) in [4.78, 5) is 16.7. The van der Waals surface area contributed by atoms with Gasteiger partial charge in [-0.2, -0.15) is 0 Å². The highest BCUT2D eigenvalue weighted by molar-refractivity contribution is 9.10. The number of thiazole rings is 1. The van der Waals surface area contributed by atoms with Gasteiger partial charge in [0.2, 0.25) is 5.91 Å². The fourth-order valence-corrected chi connectivity index (χ4v) is 3.73. The van der Waals surface area contributed by atoms with Crippen molar-refractivity contribution in [3.05, 3.63) is 63.9 Å². The molecule has 2 aromatic carbocycles. The molecular formula is C22H23BrN2O2S. The molecule has 3 rings (SSSR count). The Bertz CT molecular complexity index is 892. The standard InChI is InChI=1S/C22H23BrN2O2S/c1-2-4-16-6-8-17(9-7-16)20-15-28-22(24-20)25-21(26)5-3-14-27-19-12-10-18(23)11-13-19/h6-13,15H,2-5,14H2,1H3,(H,24,25,26). The Morgan fingerprint density at radius 3 is 2.61 bits per heavy atom. The van der Waals surface area contributed by atoms with Gasteiger partial charge in [-0.05, 0) is 42.7 Å². The van der Waals surface area contributed by atoms with Crippen molar-refractivity contribution in [2.75, 3.05) is 11.9 Å². The summed E-state index contributed by atoms with van der Waals surface area (Å²) in [7, 11) is 0. The van der Waals surface area contributed by atoms with Crippen molar-refractivity contribution in [2.45, 2.75) is 32.6 Å². The molecule has 0 aliphatic rings. The van der Waals surface area contributed by atoms with E-state index < -0.39 is 0 Å². The molecule has 1 amide bonds. The van der Waals surface area contributed by atoms with Crippen LogP contribution < -0.4 is 10.1 Å². The number of benzene rings is 2. The molecule has 28 heavy (non-hydrogen) atoms. The number of carbonyl (C=O) groups is 1. The number of hydrogen-bond acceptors (Lipinski definition) is 4. The average molecular weight is 459 g/mol. The van der Waals surface area contributed by atoms with Crippen LogP contribution in [0.4, 0.5) is 5.13 Å². The van der Waals surface area contributed by atoms with Gasteiger partial charge in [-0.3, -0.25) is 4.79 Å². The number of amides is 1. The maximum absolute atomic E-state index is 12.1. The smallest absolute Gasteiger partial charge is 0.226 e. The minimum absolute atomic E-state index is 0.0430. The third kappa shape index (κ3) is 6.17. The first-order chi connectivity index (χ1) is 13.6. The number of nitrogens with one attached hydrogen (secondary N) is 1. The van der Waals surface area contributed by atoms with Crippen molar-refractivity contribution in [1.82, 2.24) is 4.98 Å². The van der Waals surface area contributed by atoms with Gasteiger partial charge >= 0.3 is 0 Å². The molecule has 0 atom stereocenters. The monoisotopic (exact) mass is 458 g/mol. The van der Waals surface area contributed by atoms with Gasteiger partial charge in [-0.25, -0.2) is 4.98 Å². The third-order valence-corrected chi connectivity index (χ3v) is 5.46. The van der Waals surface area contributed by atoms with Crippen molar-refractivity contribution in [3.63, 3.8) is 0 Å². The fraction of sp³-hybridized carbons (Fsp3) is 0.273. The van der Waals surface area contributed by atoms with E-state index in [1.807, 2.05) is 29.6 Å². The quantitative estimate of drug-likeness (QED) is 0.381. The Balaban J connectivity index is 1.43. The summed E-state index contributed by atoms with van der Waals surface area (Å²) in [5, 5.41) is 5.48. The summed E-state index contributed by atoms with van der Waals surface area (Å²) < 4.78 is 6.65. The number of hydrogen-bond donors (Lipinski definition) is 1. The van der Waals surface area contributed by atoms with Crippen LogP contribution in [0.2, 0.25) is 0 Å². The number of aromatic nitrogens is 1. The van der Waals surface area contributed by atoms with E-state index in [9.17, 15) is 4.79 Å². The molecule has 0 spiro atoms. The third-order valence-electron chi connectivity index (χ3n) is 4.17. The van der Waals surface area contributed by atoms with E-state index >= 15 is 0 Å². The summed E-state index contributed by atoms with van der Waals surface area (Å²) in [6.45, 7) is 2.68. The lowest BCUT2D eigenvalue weighted by Crippen LogP contribution is -2.12. The SMILES string of the molecule is CCCc1ccc(-c2csc(NC(=O)CCCOc3ccc(Br)cc3)n2)cc1. The number of nitrogens with zero attached hydrogens (tertiary/aromatic N) is 1. The van der Waals surface area contributed by atoms with Crippen molar-refractivity contribution >= 4 is 38.3 Å². The van der Waals surface area contributed by atoms with E-state index in [1.54, 1.807) is 0 Å². The van der Waals surface area contributed by atoms with Crippen LogP contribution in [0, 0.1) is 0 Å². The second-order valence-corrected chi connectivity index (χ2v) is 8.21. The van der Waals surface area contributed by atoms with Gasteiger partial charge < -0.3 is 10.1 Å². The Kier molecular flexibility index (Phi) is 7.62. The second kappa shape index (κ2) is 10.4. The van der Waals surface area contributed by atoms with Gasteiger partial charge in [-0.15, -0.1) is 11.3 Å². The van der Waals surface area contributed by atoms with Gasteiger partial charge in [0.05, 0.1) is 12.3 Å². The number of aryl methyl sites for hydroxylation is 1. The number of ether oxygens (including phenoxy) is 1. The van der Waals surface area contributed by atoms with Crippen LogP contribution in [0.25, 0.3) is 11.3 Å². The van der Waals surface area contributed by atoms with E-state index in [2.05, 4.69) is 57.4 Å². The van der Waals surface area contributed by atoms with Crippen LogP contribution in [0.1, 0.15) is 31.7 Å². The first kappa shape index (κ1) is 20.6. The molecule has 0 unspecified atom stereocenters. The van der Waals surface area contributed by atoms with Crippen LogP contribution in [-0.2, 0) is 11.2 Å². The highest BCUT2D eigenvalue weighted by atomic mass is 79.9. The van der Waals surface area contributed by atoms with E-state index in [-0.39, 0.29) is 5.91 Å². The zero-order chi connectivity index (χ0) is 19.8. The van der Waals surface area contributed by atoms with Crippen molar-refractivity contribution in [2.24, 2.45) is 0 Å². The maximum Gasteiger partial charge on any atom is 0.226 e. The predicted molar refractivity (Wildman–Crippen MR) is 119 cm³/mol. The van der Waals surface area contributed by atoms with Crippen LogP contribution >= 0.6 is 27.3 Å². The lowest BCUT2D eigenvalue weighted by molar-refractivity contribution is -0.116. The molecule has 0 fully saturated rings. The summed E-state index contributed by atoms with van der Waals surface area (Å²) >= 11 is 4.84. The second-order valence-electron chi connectivity index (χ2n) is 6.44. The van der Waals surface area contributed by atoms with Crippen LogP contribution in [0.5, 0.6) is 5.75 Å². The Morgan fingerprint density at radius 2 is 1.89 bits per heavy atom. The molecule has 0 aliphatic heterocycles. The van der Waals surface area contributed by atoms with Gasteiger partial charge in [0.25, 0.3) is 0 Å². The molecule has 1 N–H and O–H groups in total. The number of anilines is 1. The zero-order valence-corrected chi connectivity index (χ0v) is 18.2. The largest absolute Gasteiger partial charge is 0.494 e. The average Bonchev–Trinajstić information content (AvgIpc) is 3.16. The van der Waals surface area contributed by atoms with E-state index in [0.29, 0.717) is 24.6 Å². The molecule has 0 saturated heterocycles. The summed E-state index contributed by atoms with van der Waals surface area (Å²) in [6, 6.07) is 16.1. The maximum atomic E-state index is 12.1. The summed E-state index contributed by atoms with van der Waals surface area (Å²) in [5.74, 6) is 0.761. The van der Waals surface area contributed by atoms with E-state index in [1.165, 1.54) is 16.9 Å². The van der Waals surface area contributed by atoms with Gasteiger partial charge in [-0.1, -0.05) is 53.5 Å². The van der Waals surface area contributed by atoms with Gasteiger partial charge in [0.15, 0.2) is 5.13 Å². The molecule has 1 aromatic heterocycles. The van der Waals surface area contributed by atoms with Crippen LogP contribution in [0.15, 0.2) is 58.4 Å². The van der Waals surface area contributed by atoms with Crippen molar-refractivity contribution in [1.29, 1.82) is 0 Å². The highest BCUT2D eigenvalue weighted by Crippen LogP contribution is 2.25. The topological polar surface area (TPSA) is 51.2 Å². The predicted octanol–water partition coefficient (Wildman–Crippen LogP) is 6.32. The number of halogens is 1. The first-order valence-corrected chi connectivity index (χ1v) is 11.0.